The Labute approximate surface area is 188 Å². The van der Waals surface area contributed by atoms with Gasteiger partial charge in [-0.15, -0.1) is 0 Å². The molecule has 0 spiro atoms. The van der Waals surface area contributed by atoms with Gasteiger partial charge in [-0.3, -0.25) is 4.99 Å². The summed E-state index contributed by atoms with van der Waals surface area (Å²) in [6.45, 7) is 0.181. The summed E-state index contributed by atoms with van der Waals surface area (Å²) in [6.07, 6.45) is 5.81. The van der Waals surface area contributed by atoms with Gasteiger partial charge in [-0.2, -0.15) is 0 Å². The molecule has 2 aliphatic rings. The number of alkyl halides is 1. The smallest absolute Gasteiger partial charge is 0.335 e. The molecule has 0 radical (unpaired) electrons. The number of hydrogen-bond donors (Lipinski definition) is 2. The van der Waals surface area contributed by atoms with Crippen LogP contribution < -0.4 is 5.32 Å². The van der Waals surface area contributed by atoms with E-state index in [1.165, 1.54) is 18.2 Å². The molecule has 1 atom stereocenters. The number of halogens is 2. The number of nitrogens with zero attached hydrogens (tertiary/aromatic N) is 3. The van der Waals surface area contributed by atoms with Crippen LogP contribution >= 0.6 is 0 Å². The van der Waals surface area contributed by atoms with Crippen molar-refractivity contribution in [2.45, 2.75) is 19.1 Å². The lowest BCUT2D eigenvalue weighted by atomic mass is 9.90. The van der Waals surface area contributed by atoms with Crippen LogP contribution in [0.15, 0.2) is 77.5 Å². The zero-order valence-corrected chi connectivity index (χ0v) is 17.3. The minimum atomic E-state index is -1.22. The number of aliphatic imine (C=N–C) groups is 1. The molecule has 3 aromatic rings. The highest BCUT2D eigenvalue weighted by Crippen LogP contribution is 2.35. The van der Waals surface area contributed by atoms with Crippen molar-refractivity contribution in [2.24, 2.45) is 4.99 Å². The van der Waals surface area contributed by atoms with Crippen LogP contribution in [0.25, 0.3) is 11.3 Å². The summed E-state index contributed by atoms with van der Waals surface area (Å²) in [5.74, 6) is -1.29. The van der Waals surface area contributed by atoms with Crippen LogP contribution in [0.3, 0.4) is 0 Å². The quantitative estimate of drug-likeness (QED) is 0.574. The van der Waals surface area contributed by atoms with Gasteiger partial charge in [0.25, 0.3) is 0 Å². The van der Waals surface area contributed by atoms with Gasteiger partial charge in [-0.25, -0.2) is 23.5 Å². The fraction of sp³-hybridized carbons (Fsp3) is 0.120. The van der Waals surface area contributed by atoms with Gasteiger partial charge in [0.2, 0.25) is 5.95 Å². The SMILES string of the molecule is O=C(O)c1ccc(Nc2ncc3c(n2)-c2c(F)cccc2C(C2=CC=CCC2F)=NC3)cc1. The number of benzene rings is 2. The summed E-state index contributed by atoms with van der Waals surface area (Å²) in [5, 5.41) is 12.1. The lowest BCUT2D eigenvalue weighted by molar-refractivity contribution is 0.0697. The zero-order chi connectivity index (χ0) is 22.9. The highest BCUT2D eigenvalue weighted by atomic mass is 19.1. The van der Waals surface area contributed by atoms with Gasteiger partial charge < -0.3 is 10.4 Å². The molecular weight excluding hydrogens is 426 g/mol. The third-order valence-electron chi connectivity index (χ3n) is 5.53. The monoisotopic (exact) mass is 444 g/mol. The molecule has 2 heterocycles. The van der Waals surface area contributed by atoms with Crippen molar-refractivity contribution in [1.29, 1.82) is 0 Å². The number of hydrogen-bond acceptors (Lipinski definition) is 5. The number of aromatic carboxylic acids is 1. The zero-order valence-electron chi connectivity index (χ0n) is 17.3. The van der Waals surface area contributed by atoms with Gasteiger partial charge in [0.1, 0.15) is 12.0 Å². The summed E-state index contributed by atoms with van der Waals surface area (Å²) in [4.78, 5) is 24.5. The highest BCUT2D eigenvalue weighted by Gasteiger charge is 2.28. The minimum Gasteiger partial charge on any atom is -0.478 e. The fourth-order valence-electron chi connectivity index (χ4n) is 3.91. The molecule has 0 amide bonds. The maximum atomic E-state index is 15.1. The predicted molar refractivity (Wildman–Crippen MR) is 121 cm³/mol. The van der Waals surface area contributed by atoms with E-state index in [9.17, 15) is 9.18 Å². The molecular formula is C25H18F2N4O2. The number of carboxylic acid groups (broad SMARTS) is 1. The van der Waals surface area contributed by atoms with E-state index < -0.39 is 18.0 Å². The Morgan fingerprint density at radius 2 is 1.97 bits per heavy atom. The molecule has 0 saturated carbocycles. The highest BCUT2D eigenvalue weighted by molar-refractivity contribution is 6.17. The average molecular weight is 444 g/mol. The maximum Gasteiger partial charge on any atom is 0.335 e. The summed E-state index contributed by atoms with van der Waals surface area (Å²) in [6, 6.07) is 10.8. The third kappa shape index (κ3) is 3.91. The Morgan fingerprint density at radius 3 is 2.73 bits per heavy atom. The number of anilines is 2. The van der Waals surface area contributed by atoms with Crippen LogP contribution in [0.2, 0.25) is 0 Å². The van der Waals surface area contributed by atoms with Gasteiger partial charge in [-0.1, -0.05) is 30.4 Å². The molecule has 164 valence electrons. The number of fused-ring (bicyclic) bond motifs is 3. The molecule has 2 aromatic carbocycles. The first kappa shape index (κ1) is 20.7. The van der Waals surface area contributed by atoms with Crippen LogP contribution in [-0.4, -0.2) is 32.9 Å². The van der Waals surface area contributed by atoms with Gasteiger partial charge in [0, 0.05) is 40.6 Å². The van der Waals surface area contributed by atoms with E-state index in [1.807, 2.05) is 0 Å². The summed E-state index contributed by atoms with van der Waals surface area (Å²) in [5.41, 5.74) is 3.29. The normalized spacial score (nSPS) is 16.7. The van der Waals surface area contributed by atoms with E-state index in [1.54, 1.807) is 48.7 Å². The van der Waals surface area contributed by atoms with Crippen molar-refractivity contribution in [2.75, 3.05) is 5.32 Å². The molecule has 1 aliphatic heterocycles. The molecule has 0 bridgehead atoms. The summed E-state index contributed by atoms with van der Waals surface area (Å²) in [7, 11) is 0. The number of rotatable bonds is 4. The molecule has 1 aliphatic carbocycles. The Bertz CT molecular complexity index is 1350. The van der Waals surface area contributed by atoms with Crippen molar-refractivity contribution < 1.29 is 18.7 Å². The van der Waals surface area contributed by atoms with Gasteiger partial charge in [0.05, 0.1) is 23.5 Å². The standard InChI is InChI=1S/C25H18F2N4O2/c26-19-6-2-1-4-17(19)23-18-5-3-7-20(27)21(18)22-15(12-28-23)13-29-25(31-22)30-16-10-8-14(9-11-16)24(32)33/h1-5,7-11,13,19H,6,12H2,(H,32,33)(H,29,30,31). The molecule has 8 heteroatoms. The second kappa shape index (κ2) is 8.38. The van der Waals surface area contributed by atoms with Crippen LogP contribution in [-0.2, 0) is 6.54 Å². The minimum absolute atomic E-state index is 0.155. The molecule has 1 aromatic heterocycles. The molecule has 5 rings (SSSR count). The van der Waals surface area contributed by atoms with E-state index >= 15 is 4.39 Å². The van der Waals surface area contributed by atoms with E-state index in [2.05, 4.69) is 20.3 Å². The predicted octanol–water partition coefficient (Wildman–Crippen LogP) is 5.25. The van der Waals surface area contributed by atoms with Crippen LogP contribution in [0.4, 0.5) is 20.4 Å². The Balaban J connectivity index is 1.57. The average Bonchev–Trinajstić information content (AvgIpc) is 2.97. The van der Waals surface area contributed by atoms with Crippen LogP contribution in [0.5, 0.6) is 0 Å². The second-order valence-electron chi connectivity index (χ2n) is 7.66. The molecule has 0 saturated heterocycles. The summed E-state index contributed by atoms with van der Waals surface area (Å²) < 4.78 is 29.8. The molecule has 6 nitrogen and oxygen atoms in total. The number of allylic oxidation sites excluding steroid dienone is 4. The number of nitrogens with one attached hydrogen (secondary N) is 1. The van der Waals surface area contributed by atoms with Crippen molar-refractivity contribution in [3.05, 3.63) is 95.0 Å². The number of carboxylic acids is 1. The van der Waals surface area contributed by atoms with E-state index in [4.69, 9.17) is 5.11 Å². The van der Waals surface area contributed by atoms with Gasteiger partial charge in [-0.05, 0) is 30.3 Å². The molecule has 0 fully saturated rings. The first-order valence-corrected chi connectivity index (χ1v) is 10.3. The van der Waals surface area contributed by atoms with Crippen LogP contribution in [0.1, 0.15) is 27.9 Å². The lowest BCUT2D eigenvalue weighted by Crippen LogP contribution is -2.17. The second-order valence-corrected chi connectivity index (χ2v) is 7.66. The van der Waals surface area contributed by atoms with Crippen LogP contribution in [0, 0.1) is 5.82 Å². The maximum absolute atomic E-state index is 15.1. The number of carbonyl (C=O) groups is 1. The van der Waals surface area contributed by atoms with Crippen molar-refractivity contribution in [1.82, 2.24) is 9.97 Å². The first-order valence-electron chi connectivity index (χ1n) is 10.3. The van der Waals surface area contributed by atoms with Crippen molar-refractivity contribution in [3.8, 4) is 11.3 Å². The topological polar surface area (TPSA) is 87.5 Å². The first-order chi connectivity index (χ1) is 16.0. The lowest BCUT2D eigenvalue weighted by Gasteiger charge is -2.18. The Morgan fingerprint density at radius 1 is 1.15 bits per heavy atom. The molecule has 33 heavy (non-hydrogen) atoms. The fourth-order valence-corrected chi connectivity index (χ4v) is 3.91. The molecule has 1 unspecified atom stereocenters. The van der Waals surface area contributed by atoms with E-state index in [-0.39, 0.29) is 30.0 Å². The third-order valence-corrected chi connectivity index (χ3v) is 5.53. The number of aromatic nitrogens is 2. The van der Waals surface area contributed by atoms with Gasteiger partial charge >= 0.3 is 5.97 Å². The van der Waals surface area contributed by atoms with Crippen molar-refractivity contribution in [3.63, 3.8) is 0 Å². The van der Waals surface area contributed by atoms with Gasteiger partial charge in [0.15, 0.2) is 0 Å². The Kier molecular flexibility index (Phi) is 5.26. The van der Waals surface area contributed by atoms with Crippen molar-refractivity contribution >= 4 is 23.3 Å². The summed E-state index contributed by atoms with van der Waals surface area (Å²) >= 11 is 0. The Hall–Kier alpha value is -4.20. The largest absolute Gasteiger partial charge is 0.478 e. The molecule has 2 N–H and O–H groups in total. The van der Waals surface area contributed by atoms with E-state index in [0.717, 1.165) is 0 Å². The van der Waals surface area contributed by atoms with E-state index in [0.29, 0.717) is 33.8 Å².